The molecule has 0 amide bonds. The second-order valence-corrected chi connectivity index (χ2v) is 6.18. The van der Waals surface area contributed by atoms with Crippen LogP contribution in [-0.2, 0) is 14.6 Å². The van der Waals surface area contributed by atoms with Crippen LogP contribution < -0.4 is 10.6 Å². The lowest BCUT2D eigenvalue weighted by molar-refractivity contribution is 0.181. The molecule has 0 aliphatic carbocycles. The monoisotopic (exact) mass is 273 g/mol. The normalized spacial score (nSPS) is 13.3. The van der Waals surface area contributed by atoms with Crippen molar-refractivity contribution in [3.8, 4) is 0 Å². The molecule has 6 nitrogen and oxygen atoms in total. The van der Waals surface area contributed by atoms with Gasteiger partial charge in [0, 0.05) is 39.2 Å². The van der Waals surface area contributed by atoms with E-state index < -0.39 is 9.84 Å². The molecule has 2 N–H and O–H groups in total. The average Bonchev–Trinajstić information content (AvgIpc) is 2.28. The van der Waals surface area contributed by atoms with Gasteiger partial charge >= 0.3 is 0 Å². The highest BCUT2D eigenvalue weighted by Gasteiger charge is 2.18. The highest BCUT2D eigenvalue weighted by molar-refractivity contribution is 7.90. The number of nitrogens with zero attached hydrogens (tertiary/aromatic N) is 2. The fourth-order valence-corrected chi connectivity index (χ4v) is 2.53. The molecular formula is C11H19N3O3S. The Bertz CT molecular complexity index is 490. The zero-order valence-electron chi connectivity index (χ0n) is 10.8. The van der Waals surface area contributed by atoms with Gasteiger partial charge in [-0.2, -0.15) is 0 Å². The van der Waals surface area contributed by atoms with Crippen LogP contribution in [0.1, 0.15) is 0 Å². The molecule has 1 aromatic rings. The van der Waals surface area contributed by atoms with Crippen LogP contribution in [0.3, 0.4) is 0 Å². The Kier molecular flexibility index (Phi) is 5.06. The van der Waals surface area contributed by atoms with Crippen LogP contribution in [0.25, 0.3) is 0 Å². The standard InChI is InChI=1S/C11H19N3O3S/c1-14(7-9(12)8-17-2)11-10(18(3,15)16)5-4-6-13-11/h4-6,9H,7-8,12H2,1-3H3. The fourth-order valence-electron chi connectivity index (χ4n) is 1.66. The molecule has 0 bridgehead atoms. The van der Waals surface area contributed by atoms with E-state index in [1.54, 1.807) is 31.3 Å². The number of aromatic nitrogens is 1. The van der Waals surface area contributed by atoms with Crippen LogP contribution in [0, 0.1) is 0 Å². The van der Waals surface area contributed by atoms with Gasteiger partial charge in [-0.3, -0.25) is 0 Å². The number of hydrogen-bond acceptors (Lipinski definition) is 6. The predicted molar refractivity (Wildman–Crippen MR) is 70.5 cm³/mol. The van der Waals surface area contributed by atoms with Crippen molar-refractivity contribution >= 4 is 15.7 Å². The van der Waals surface area contributed by atoms with E-state index in [2.05, 4.69) is 4.98 Å². The maximum absolute atomic E-state index is 11.6. The quantitative estimate of drug-likeness (QED) is 0.778. The summed E-state index contributed by atoms with van der Waals surface area (Å²) in [5, 5.41) is 0. The van der Waals surface area contributed by atoms with Crippen molar-refractivity contribution in [2.24, 2.45) is 5.73 Å². The smallest absolute Gasteiger partial charge is 0.179 e. The third kappa shape index (κ3) is 3.94. The van der Waals surface area contributed by atoms with Gasteiger partial charge in [0.15, 0.2) is 9.84 Å². The molecule has 1 aromatic heterocycles. The van der Waals surface area contributed by atoms with Gasteiger partial charge in [-0.25, -0.2) is 13.4 Å². The third-order valence-corrected chi connectivity index (χ3v) is 3.52. The molecule has 7 heteroatoms. The van der Waals surface area contributed by atoms with Crippen molar-refractivity contribution in [2.45, 2.75) is 10.9 Å². The number of sulfone groups is 1. The molecular weight excluding hydrogens is 254 g/mol. The molecule has 0 radical (unpaired) electrons. The molecule has 1 atom stereocenters. The SMILES string of the molecule is COCC(N)CN(C)c1ncccc1S(C)(=O)=O. The van der Waals surface area contributed by atoms with Crippen molar-refractivity contribution in [3.05, 3.63) is 18.3 Å². The van der Waals surface area contributed by atoms with Crippen molar-refractivity contribution in [1.29, 1.82) is 0 Å². The first-order chi connectivity index (χ1) is 8.36. The zero-order chi connectivity index (χ0) is 13.8. The maximum Gasteiger partial charge on any atom is 0.179 e. The van der Waals surface area contributed by atoms with E-state index in [9.17, 15) is 8.42 Å². The summed E-state index contributed by atoms with van der Waals surface area (Å²) < 4.78 is 28.2. The van der Waals surface area contributed by atoms with Gasteiger partial charge in [0.25, 0.3) is 0 Å². The number of ether oxygens (including phenoxy) is 1. The van der Waals surface area contributed by atoms with Crippen LogP contribution in [0.15, 0.2) is 23.2 Å². The summed E-state index contributed by atoms with van der Waals surface area (Å²) in [5.41, 5.74) is 5.84. The lowest BCUT2D eigenvalue weighted by atomic mass is 10.3. The second kappa shape index (κ2) is 6.12. The van der Waals surface area contributed by atoms with E-state index in [1.165, 1.54) is 6.07 Å². The minimum atomic E-state index is -3.30. The van der Waals surface area contributed by atoms with Crippen LogP contribution >= 0.6 is 0 Å². The molecule has 18 heavy (non-hydrogen) atoms. The Morgan fingerprint density at radius 2 is 2.22 bits per heavy atom. The van der Waals surface area contributed by atoms with Gasteiger partial charge in [-0.05, 0) is 12.1 Å². The maximum atomic E-state index is 11.6. The van der Waals surface area contributed by atoms with E-state index in [0.29, 0.717) is 19.0 Å². The fraction of sp³-hybridized carbons (Fsp3) is 0.545. The Hall–Kier alpha value is -1.18. The molecule has 0 aliphatic rings. The third-order valence-electron chi connectivity index (χ3n) is 2.40. The summed E-state index contributed by atoms with van der Waals surface area (Å²) >= 11 is 0. The summed E-state index contributed by atoms with van der Waals surface area (Å²) in [5.74, 6) is 0.409. The van der Waals surface area contributed by atoms with E-state index >= 15 is 0 Å². The first-order valence-electron chi connectivity index (χ1n) is 5.47. The van der Waals surface area contributed by atoms with E-state index in [1.807, 2.05) is 0 Å². The van der Waals surface area contributed by atoms with Crippen LogP contribution in [0.2, 0.25) is 0 Å². The number of methoxy groups -OCH3 is 1. The molecule has 0 spiro atoms. The summed E-state index contributed by atoms with van der Waals surface area (Å²) in [6, 6.07) is 2.94. The summed E-state index contributed by atoms with van der Waals surface area (Å²) in [4.78, 5) is 6.04. The predicted octanol–water partition coefficient (Wildman–Crippen LogP) is -0.105. The first-order valence-corrected chi connectivity index (χ1v) is 7.36. The van der Waals surface area contributed by atoms with Gasteiger partial charge in [0.1, 0.15) is 10.7 Å². The summed E-state index contributed by atoms with van der Waals surface area (Å²) in [6.07, 6.45) is 2.72. The Morgan fingerprint density at radius 3 is 2.78 bits per heavy atom. The van der Waals surface area contributed by atoms with E-state index in [-0.39, 0.29) is 10.9 Å². The minimum absolute atomic E-state index is 0.200. The first kappa shape index (κ1) is 14.9. The summed E-state index contributed by atoms with van der Waals surface area (Å²) in [6.45, 7) is 0.874. The molecule has 0 fully saturated rings. The van der Waals surface area contributed by atoms with Crippen molar-refractivity contribution in [1.82, 2.24) is 4.98 Å². The summed E-state index contributed by atoms with van der Waals surface area (Å²) in [7, 11) is 0.0257. The van der Waals surface area contributed by atoms with Gasteiger partial charge in [-0.15, -0.1) is 0 Å². The van der Waals surface area contributed by atoms with E-state index in [0.717, 1.165) is 6.26 Å². The molecule has 1 heterocycles. The lowest BCUT2D eigenvalue weighted by Crippen LogP contribution is -2.39. The lowest BCUT2D eigenvalue weighted by Gasteiger charge is -2.23. The van der Waals surface area contributed by atoms with Crippen LogP contribution in [0.4, 0.5) is 5.82 Å². The average molecular weight is 273 g/mol. The number of rotatable bonds is 6. The van der Waals surface area contributed by atoms with Crippen molar-refractivity contribution in [3.63, 3.8) is 0 Å². The second-order valence-electron chi connectivity index (χ2n) is 4.19. The van der Waals surface area contributed by atoms with Crippen LogP contribution in [-0.4, -0.2) is 53.0 Å². The highest BCUT2D eigenvalue weighted by Crippen LogP contribution is 2.20. The minimum Gasteiger partial charge on any atom is -0.383 e. The molecule has 0 aromatic carbocycles. The van der Waals surface area contributed by atoms with Crippen molar-refractivity contribution in [2.75, 3.05) is 38.5 Å². The molecule has 0 saturated heterocycles. The highest BCUT2D eigenvalue weighted by atomic mass is 32.2. The number of nitrogens with two attached hydrogens (primary N) is 1. The Labute approximate surface area is 108 Å². The molecule has 1 unspecified atom stereocenters. The number of pyridine rings is 1. The largest absolute Gasteiger partial charge is 0.383 e. The molecule has 1 rings (SSSR count). The number of likely N-dealkylation sites (N-methyl/N-ethyl adjacent to an activating group) is 1. The Morgan fingerprint density at radius 1 is 1.56 bits per heavy atom. The molecule has 102 valence electrons. The van der Waals surface area contributed by atoms with Gasteiger partial charge in [-0.1, -0.05) is 0 Å². The van der Waals surface area contributed by atoms with Gasteiger partial charge in [0.2, 0.25) is 0 Å². The molecule has 0 aliphatic heterocycles. The topological polar surface area (TPSA) is 85.5 Å². The van der Waals surface area contributed by atoms with E-state index in [4.69, 9.17) is 10.5 Å². The number of anilines is 1. The Balaban J connectivity index is 2.96. The van der Waals surface area contributed by atoms with Gasteiger partial charge < -0.3 is 15.4 Å². The van der Waals surface area contributed by atoms with Crippen molar-refractivity contribution < 1.29 is 13.2 Å². The van der Waals surface area contributed by atoms with Crippen LogP contribution in [0.5, 0.6) is 0 Å². The van der Waals surface area contributed by atoms with Gasteiger partial charge in [0.05, 0.1) is 6.61 Å². The zero-order valence-corrected chi connectivity index (χ0v) is 11.6. The molecule has 0 saturated carbocycles. The number of hydrogen-bond donors (Lipinski definition) is 1.